The van der Waals surface area contributed by atoms with Crippen molar-refractivity contribution in [3.8, 4) is 0 Å². The highest BCUT2D eigenvalue weighted by Crippen LogP contribution is 2.37. The van der Waals surface area contributed by atoms with Crippen LogP contribution in [0.5, 0.6) is 0 Å². The summed E-state index contributed by atoms with van der Waals surface area (Å²) in [6, 6.07) is 14.3. The average Bonchev–Trinajstić information content (AvgIpc) is 2.90. The molecule has 6 nitrogen and oxygen atoms in total. The van der Waals surface area contributed by atoms with Crippen molar-refractivity contribution in [3.05, 3.63) is 117 Å². The number of thioether (sulfide) groups is 1. The van der Waals surface area contributed by atoms with E-state index in [1.165, 1.54) is 23.9 Å². The Morgan fingerprint density at radius 2 is 2.05 bits per heavy atom. The van der Waals surface area contributed by atoms with Crippen LogP contribution < -0.4 is 5.32 Å². The molecule has 1 amide bonds. The third kappa shape index (κ3) is 6.88. The van der Waals surface area contributed by atoms with Gasteiger partial charge in [0, 0.05) is 37.4 Å². The topological polar surface area (TPSA) is 74.7 Å². The highest BCUT2D eigenvalue weighted by atomic mass is 32.2. The van der Waals surface area contributed by atoms with Crippen molar-refractivity contribution in [2.75, 3.05) is 20.3 Å². The van der Waals surface area contributed by atoms with Gasteiger partial charge in [0.15, 0.2) is 5.76 Å². The minimum Gasteiger partial charge on any atom is -0.486 e. The summed E-state index contributed by atoms with van der Waals surface area (Å²) in [5.41, 5.74) is 4.31. The van der Waals surface area contributed by atoms with Crippen LogP contribution in [0.15, 0.2) is 94.9 Å². The maximum atomic E-state index is 13.6. The molecule has 0 unspecified atom stereocenters. The molecule has 1 saturated heterocycles. The first-order chi connectivity index (χ1) is 18.8. The van der Waals surface area contributed by atoms with Gasteiger partial charge in [-0.05, 0) is 47.1 Å². The number of methoxy groups -OCH3 is 1. The number of nitrogens with one attached hydrogen (secondary N) is 2. The van der Waals surface area contributed by atoms with E-state index in [-0.39, 0.29) is 24.4 Å². The number of halogens is 1. The molecule has 2 aliphatic rings. The zero-order valence-corrected chi connectivity index (χ0v) is 23.4. The molecule has 1 fully saturated rings. The van der Waals surface area contributed by atoms with E-state index in [1.807, 2.05) is 55.3 Å². The SMILES string of the molecule is C=C1C(C(=N)S/C(=C/CC)Cc2ccc(F)cc2C)=CN2C[C@@H](COC)NC(=O)C2=C1OCc1ccccc1. The quantitative estimate of drug-likeness (QED) is 0.282. The van der Waals surface area contributed by atoms with Crippen LogP contribution in [0.3, 0.4) is 0 Å². The molecule has 2 heterocycles. The van der Waals surface area contributed by atoms with Crippen molar-refractivity contribution < 1.29 is 18.7 Å². The van der Waals surface area contributed by atoms with E-state index in [0.717, 1.165) is 28.0 Å². The number of allylic oxidation sites excluding steroid dienone is 3. The number of ether oxygens (including phenoxy) is 2. The van der Waals surface area contributed by atoms with E-state index >= 15 is 0 Å². The maximum Gasteiger partial charge on any atom is 0.272 e. The second-order valence-corrected chi connectivity index (χ2v) is 10.6. The number of fused-ring (bicyclic) bond motifs is 1. The molecule has 1 atom stereocenters. The van der Waals surface area contributed by atoms with Gasteiger partial charge in [0.2, 0.25) is 0 Å². The Balaban J connectivity index is 1.61. The van der Waals surface area contributed by atoms with Crippen LogP contribution in [0.25, 0.3) is 0 Å². The summed E-state index contributed by atoms with van der Waals surface area (Å²) in [5.74, 6) is -0.157. The third-order valence-corrected chi connectivity index (χ3v) is 7.52. The molecular weight excluding hydrogens is 513 g/mol. The van der Waals surface area contributed by atoms with Crippen LogP contribution in [-0.2, 0) is 27.3 Å². The van der Waals surface area contributed by atoms with Crippen LogP contribution in [0.2, 0.25) is 0 Å². The van der Waals surface area contributed by atoms with Gasteiger partial charge in [-0.1, -0.05) is 67.7 Å². The fourth-order valence-corrected chi connectivity index (χ4v) is 5.62. The summed E-state index contributed by atoms with van der Waals surface area (Å²) in [7, 11) is 1.60. The Labute approximate surface area is 233 Å². The van der Waals surface area contributed by atoms with Gasteiger partial charge in [-0.25, -0.2) is 4.39 Å². The lowest BCUT2D eigenvalue weighted by Gasteiger charge is -2.38. The number of carbonyl (C=O) groups is 1. The molecule has 2 aliphatic heterocycles. The minimum atomic E-state index is -0.264. The summed E-state index contributed by atoms with van der Waals surface area (Å²) in [6.45, 7) is 9.31. The zero-order chi connectivity index (χ0) is 27.9. The van der Waals surface area contributed by atoms with Gasteiger partial charge in [0.1, 0.15) is 23.2 Å². The number of amides is 1. The lowest BCUT2D eigenvalue weighted by molar-refractivity contribution is -0.122. The summed E-state index contributed by atoms with van der Waals surface area (Å²) in [4.78, 5) is 16.0. The van der Waals surface area contributed by atoms with Crippen molar-refractivity contribution in [3.63, 3.8) is 0 Å². The smallest absolute Gasteiger partial charge is 0.272 e. The van der Waals surface area contributed by atoms with Crippen molar-refractivity contribution >= 4 is 22.7 Å². The highest BCUT2D eigenvalue weighted by molar-refractivity contribution is 8.17. The van der Waals surface area contributed by atoms with Gasteiger partial charge in [0.25, 0.3) is 5.91 Å². The summed E-state index contributed by atoms with van der Waals surface area (Å²) in [5, 5.41) is 12.3. The molecule has 0 bridgehead atoms. The van der Waals surface area contributed by atoms with Crippen LogP contribution >= 0.6 is 11.8 Å². The normalized spacial score (nSPS) is 17.5. The molecule has 0 aromatic heterocycles. The van der Waals surface area contributed by atoms with Gasteiger partial charge in [-0.15, -0.1) is 0 Å². The fraction of sp³-hybridized carbons (Fsp3) is 0.290. The van der Waals surface area contributed by atoms with Gasteiger partial charge in [-0.3, -0.25) is 10.2 Å². The number of carbonyl (C=O) groups excluding carboxylic acids is 1. The first-order valence-electron chi connectivity index (χ1n) is 12.9. The van der Waals surface area contributed by atoms with Gasteiger partial charge < -0.3 is 19.7 Å². The molecular formula is C31H34FN3O3S. The fourth-order valence-electron chi connectivity index (χ4n) is 4.59. The predicted octanol–water partition coefficient (Wildman–Crippen LogP) is 6.01. The van der Waals surface area contributed by atoms with Crippen molar-refractivity contribution in [1.82, 2.24) is 10.2 Å². The standard InChI is InChI=1S/C31H34FN3O3S/c1-5-9-26(15-23-12-13-24(32)14-20(23)2)39-30(33)27-17-35-16-25(19-37-4)34-31(36)28(35)29(21(27)3)38-18-22-10-7-6-8-11-22/h6-14,17,25,33H,3,5,15-16,18-19H2,1-2,4H3,(H,34,36)/b26-9+,33-30?/t25-/m0/s1. The summed E-state index contributed by atoms with van der Waals surface area (Å²) in [6.07, 6.45) is 5.30. The molecule has 2 aromatic carbocycles. The second kappa shape index (κ2) is 13.0. The Bertz CT molecular complexity index is 1350. The monoisotopic (exact) mass is 547 g/mol. The molecule has 2 N–H and O–H groups in total. The molecule has 2 aromatic rings. The number of rotatable bonds is 10. The third-order valence-electron chi connectivity index (χ3n) is 6.53. The van der Waals surface area contributed by atoms with Crippen LogP contribution in [0, 0.1) is 18.2 Å². The van der Waals surface area contributed by atoms with Crippen LogP contribution in [0.1, 0.15) is 30.0 Å². The molecule has 4 rings (SSSR count). The minimum absolute atomic E-state index is 0.204. The van der Waals surface area contributed by atoms with E-state index in [9.17, 15) is 9.18 Å². The largest absolute Gasteiger partial charge is 0.486 e. The van der Waals surface area contributed by atoms with E-state index < -0.39 is 0 Å². The molecule has 0 spiro atoms. The van der Waals surface area contributed by atoms with Gasteiger partial charge in [-0.2, -0.15) is 0 Å². The van der Waals surface area contributed by atoms with Gasteiger partial charge >= 0.3 is 0 Å². The molecule has 0 aliphatic carbocycles. The first-order valence-corrected chi connectivity index (χ1v) is 13.7. The Morgan fingerprint density at radius 3 is 2.74 bits per heavy atom. The number of hydrogen-bond acceptors (Lipinski definition) is 6. The average molecular weight is 548 g/mol. The van der Waals surface area contributed by atoms with Crippen molar-refractivity contribution in [1.29, 1.82) is 5.41 Å². The second-order valence-electron chi connectivity index (χ2n) is 9.51. The van der Waals surface area contributed by atoms with E-state index in [1.54, 1.807) is 13.2 Å². The molecule has 204 valence electrons. The number of piperazine rings is 1. The predicted molar refractivity (Wildman–Crippen MR) is 155 cm³/mol. The molecule has 8 heteroatoms. The maximum absolute atomic E-state index is 13.6. The zero-order valence-electron chi connectivity index (χ0n) is 22.6. The van der Waals surface area contributed by atoms with Crippen LogP contribution in [0.4, 0.5) is 4.39 Å². The molecule has 0 saturated carbocycles. The Hall–Kier alpha value is -3.62. The van der Waals surface area contributed by atoms with Crippen molar-refractivity contribution in [2.24, 2.45) is 0 Å². The highest BCUT2D eigenvalue weighted by Gasteiger charge is 2.37. The van der Waals surface area contributed by atoms with Gasteiger partial charge in [0.05, 0.1) is 12.6 Å². The number of aryl methyl sites for hydroxylation is 1. The first kappa shape index (κ1) is 28.4. The van der Waals surface area contributed by atoms with Crippen LogP contribution in [-0.4, -0.2) is 42.2 Å². The lowest BCUT2D eigenvalue weighted by Crippen LogP contribution is -2.54. The molecule has 0 radical (unpaired) electrons. The number of benzene rings is 2. The molecule has 39 heavy (non-hydrogen) atoms. The van der Waals surface area contributed by atoms with E-state index in [2.05, 4.69) is 18.0 Å². The number of nitrogens with zero attached hydrogens (tertiary/aromatic N) is 1. The Morgan fingerprint density at radius 1 is 1.28 bits per heavy atom. The van der Waals surface area contributed by atoms with E-state index in [4.69, 9.17) is 14.9 Å². The Kier molecular flexibility index (Phi) is 9.43. The summed E-state index contributed by atoms with van der Waals surface area (Å²) >= 11 is 1.35. The van der Waals surface area contributed by atoms with Crippen molar-refractivity contribution in [2.45, 2.75) is 39.3 Å². The van der Waals surface area contributed by atoms with E-state index in [0.29, 0.717) is 47.2 Å². The lowest BCUT2D eigenvalue weighted by atomic mass is 9.99. The number of hydrogen-bond donors (Lipinski definition) is 2. The summed E-state index contributed by atoms with van der Waals surface area (Å²) < 4.78 is 25.2.